The van der Waals surface area contributed by atoms with Crippen molar-refractivity contribution in [3.05, 3.63) is 58.1 Å². The molecular formula is C35H49ClN2O4S. The Morgan fingerprint density at radius 2 is 1.91 bits per heavy atom. The molecule has 2 aromatic rings. The van der Waals surface area contributed by atoms with Gasteiger partial charge >= 0.3 is 0 Å². The maximum atomic E-state index is 12.3. The molecule has 1 heterocycles. The molecule has 1 N–H and O–H groups in total. The van der Waals surface area contributed by atoms with E-state index in [1.807, 2.05) is 24.3 Å². The van der Waals surface area contributed by atoms with Crippen LogP contribution in [-0.2, 0) is 22.2 Å². The van der Waals surface area contributed by atoms with Crippen molar-refractivity contribution in [2.75, 3.05) is 31.6 Å². The van der Waals surface area contributed by atoms with Crippen molar-refractivity contribution >= 4 is 40.8 Å². The Hall–Kier alpha value is -2.22. The SMILES string of the molecule is CCCCc1cc(Cl)ccc1C1COc2ccc(C=O)cc2N(CC2CCC2C(C=O)CCCCC(CC)S(=O)NC)C1. The number of benzene rings is 2. The van der Waals surface area contributed by atoms with E-state index in [0.717, 1.165) is 100 Å². The van der Waals surface area contributed by atoms with Gasteiger partial charge in [0.2, 0.25) is 0 Å². The standard InChI is InChI=1S/C35H49ClN2O4S/c1-4-6-9-26-19-30(36)14-16-32(26)29-21-38(34-18-25(22-39)12-17-35(34)42-24-29)20-27-13-15-33(27)28(23-40)10-7-8-11-31(5-2)43(41)37-3/h12,14,16-19,22-23,27-29,31,33,37H,4-11,13,15,20-21,24H2,1-3H3. The van der Waals surface area contributed by atoms with Crippen LogP contribution < -0.4 is 14.4 Å². The fourth-order valence-electron chi connectivity index (χ4n) is 6.93. The third kappa shape index (κ3) is 8.70. The summed E-state index contributed by atoms with van der Waals surface area (Å²) in [7, 11) is 0.748. The lowest BCUT2D eigenvalue weighted by atomic mass is 9.66. The molecule has 0 bridgehead atoms. The molecule has 236 valence electrons. The van der Waals surface area contributed by atoms with Gasteiger partial charge in [0.15, 0.2) is 0 Å². The molecule has 6 unspecified atom stereocenters. The first kappa shape index (κ1) is 33.7. The zero-order chi connectivity index (χ0) is 30.8. The summed E-state index contributed by atoms with van der Waals surface area (Å²) in [6.07, 6.45) is 12.1. The summed E-state index contributed by atoms with van der Waals surface area (Å²) in [6, 6.07) is 11.9. The molecule has 2 aliphatic rings. The van der Waals surface area contributed by atoms with Gasteiger partial charge in [-0.15, -0.1) is 0 Å². The Labute approximate surface area is 265 Å². The summed E-state index contributed by atoms with van der Waals surface area (Å²) in [6.45, 7) is 6.47. The summed E-state index contributed by atoms with van der Waals surface area (Å²) < 4.78 is 21.5. The lowest BCUT2D eigenvalue weighted by Gasteiger charge is -2.43. The molecule has 1 saturated carbocycles. The molecule has 0 aromatic heterocycles. The zero-order valence-electron chi connectivity index (χ0n) is 26.1. The van der Waals surface area contributed by atoms with E-state index in [0.29, 0.717) is 24.0 Å². The van der Waals surface area contributed by atoms with Gasteiger partial charge in [0.25, 0.3) is 0 Å². The molecule has 8 heteroatoms. The second kappa shape index (κ2) is 16.7. The third-order valence-electron chi connectivity index (χ3n) is 9.61. The van der Waals surface area contributed by atoms with E-state index in [4.69, 9.17) is 16.3 Å². The largest absolute Gasteiger partial charge is 0.491 e. The molecule has 6 atom stereocenters. The number of anilines is 1. The number of aryl methyl sites for hydroxylation is 1. The Morgan fingerprint density at radius 1 is 1.09 bits per heavy atom. The number of carbonyl (C=O) groups is 2. The number of aldehydes is 2. The fourth-order valence-corrected chi connectivity index (χ4v) is 8.15. The first-order valence-electron chi connectivity index (χ1n) is 16.2. The van der Waals surface area contributed by atoms with Crippen molar-refractivity contribution in [1.29, 1.82) is 0 Å². The number of fused-ring (bicyclic) bond motifs is 1. The van der Waals surface area contributed by atoms with Crippen molar-refractivity contribution < 1.29 is 18.5 Å². The van der Waals surface area contributed by atoms with E-state index in [1.165, 1.54) is 17.4 Å². The predicted octanol–water partition coefficient (Wildman–Crippen LogP) is 7.54. The number of hydrogen-bond acceptors (Lipinski definition) is 5. The van der Waals surface area contributed by atoms with E-state index in [2.05, 4.69) is 35.6 Å². The first-order valence-corrected chi connectivity index (χ1v) is 17.8. The molecule has 2 aromatic carbocycles. The molecule has 0 radical (unpaired) electrons. The van der Waals surface area contributed by atoms with Crippen molar-refractivity contribution in [3.63, 3.8) is 0 Å². The van der Waals surface area contributed by atoms with E-state index < -0.39 is 11.0 Å². The molecule has 43 heavy (non-hydrogen) atoms. The Bertz CT molecular complexity index is 1240. The quantitative estimate of drug-likeness (QED) is 0.145. The number of nitrogens with zero attached hydrogens (tertiary/aromatic N) is 1. The molecule has 0 amide bonds. The second-order valence-corrected chi connectivity index (χ2v) is 14.4. The molecule has 1 fully saturated rings. The Morgan fingerprint density at radius 3 is 2.58 bits per heavy atom. The number of carbonyl (C=O) groups excluding carboxylic acids is 2. The topological polar surface area (TPSA) is 75.7 Å². The van der Waals surface area contributed by atoms with Crippen LogP contribution in [0.1, 0.15) is 99.0 Å². The number of hydrogen-bond donors (Lipinski definition) is 1. The highest BCUT2D eigenvalue weighted by Gasteiger charge is 2.39. The summed E-state index contributed by atoms with van der Waals surface area (Å²) in [5, 5.41) is 0.923. The highest BCUT2D eigenvalue weighted by atomic mass is 35.5. The van der Waals surface area contributed by atoms with Gasteiger partial charge in [0.1, 0.15) is 18.3 Å². The lowest BCUT2D eigenvalue weighted by molar-refractivity contribution is -0.115. The van der Waals surface area contributed by atoms with Crippen LogP contribution in [0.3, 0.4) is 0 Å². The maximum absolute atomic E-state index is 12.3. The third-order valence-corrected chi connectivity index (χ3v) is 11.4. The van der Waals surface area contributed by atoms with Crippen LogP contribution in [-0.4, -0.2) is 48.8 Å². The summed E-state index contributed by atoms with van der Waals surface area (Å²) in [4.78, 5) is 26.4. The van der Waals surface area contributed by atoms with E-state index in [9.17, 15) is 13.8 Å². The van der Waals surface area contributed by atoms with E-state index in [1.54, 1.807) is 7.05 Å². The van der Waals surface area contributed by atoms with Gasteiger partial charge < -0.3 is 14.4 Å². The van der Waals surface area contributed by atoms with E-state index >= 15 is 0 Å². The van der Waals surface area contributed by atoms with Crippen LogP contribution in [0.15, 0.2) is 36.4 Å². The first-order chi connectivity index (χ1) is 20.9. The number of rotatable bonds is 17. The van der Waals surface area contributed by atoms with Crippen LogP contribution in [0, 0.1) is 17.8 Å². The van der Waals surface area contributed by atoms with Crippen LogP contribution in [0.5, 0.6) is 5.75 Å². The van der Waals surface area contributed by atoms with Crippen molar-refractivity contribution in [1.82, 2.24) is 4.72 Å². The highest BCUT2D eigenvalue weighted by Crippen LogP contribution is 2.44. The van der Waals surface area contributed by atoms with Gasteiger partial charge in [-0.1, -0.05) is 50.8 Å². The minimum Gasteiger partial charge on any atom is -0.491 e. The van der Waals surface area contributed by atoms with Crippen molar-refractivity contribution in [2.45, 2.75) is 89.2 Å². The van der Waals surface area contributed by atoms with Gasteiger partial charge in [0, 0.05) is 40.8 Å². The maximum Gasteiger partial charge on any atom is 0.150 e. The van der Waals surface area contributed by atoms with Gasteiger partial charge in [-0.3, -0.25) is 4.79 Å². The van der Waals surface area contributed by atoms with Crippen molar-refractivity contribution in [3.8, 4) is 5.75 Å². The van der Waals surface area contributed by atoms with Crippen LogP contribution >= 0.6 is 11.6 Å². The monoisotopic (exact) mass is 628 g/mol. The zero-order valence-corrected chi connectivity index (χ0v) is 27.6. The molecule has 6 nitrogen and oxygen atoms in total. The minimum atomic E-state index is -0.998. The highest BCUT2D eigenvalue weighted by molar-refractivity contribution is 7.83. The lowest BCUT2D eigenvalue weighted by Crippen LogP contribution is -2.43. The van der Waals surface area contributed by atoms with Crippen LogP contribution in [0.25, 0.3) is 0 Å². The predicted molar refractivity (Wildman–Crippen MR) is 178 cm³/mol. The second-order valence-electron chi connectivity index (χ2n) is 12.3. The number of unbranched alkanes of at least 4 members (excludes halogenated alkanes) is 2. The number of ether oxygens (including phenoxy) is 1. The average Bonchev–Trinajstić information content (AvgIpc) is 3.19. The van der Waals surface area contributed by atoms with Crippen molar-refractivity contribution in [2.24, 2.45) is 17.8 Å². The minimum absolute atomic E-state index is 0.0466. The molecule has 0 spiro atoms. The van der Waals surface area contributed by atoms with Gasteiger partial charge in [-0.25, -0.2) is 8.93 Å². The number of halogens is 1. The van der Waals surface area contributed by atoms with Gasteiger partial charge in [-0.05, 0) is 105 Å². The summed E-state index contributed by atoms with van der Waals surface area (Å²) in [5.41, 5.74) is 4.18. The van der Waals surface area contributed by atoms with E-state index in [-0.39, 0.29) is 17.1 Å². The molecule has 0 saturated heterocycles. The summed E-state index contributed by atoms with van der Waals surface area (Å²) in [5.74, 6) is 1.79. The molecule has 4 rings (SSSR count). The smallest absolute Gasteiger partial charge is 0.150 e. The van der Waals surface area contributed by atoms with Crippen LogP contribution in [0.4, 0.5) is 5.69 Å². The molecule has 1 aliphatic carbocycles. The summed E-state index contributed by atoms with van der Waals surface area (Å²) >= 11 is 6.43. The van der Waals surface area contributed by atoms with Gasteiger partial charge in [-0.2, -0.15) is 0 Å². The Balaban J connectivity index is 1.49. The fraction of sp³-hybridized carbons (Fsp3) is 0.600. The average molecular weight is 629 g/mol. The molecular weight excluding hydrogens is 580 g/mol. The Kier molecular flexibility index (Phi) is 13.1. The van der Waals surface area contributed by atoms with Gasteiger partial charge in [0.05, 0.1) is 23.3 Å². The molecule has 1 aliphatic heterocycles. The normalized spacial score (nSPS) is 22.0. The van der Waals surface area contributed by atoms with Crippen LogP contribution in [0.2, 0.25) is 5.02 Å². The number of nitrogens with one attached hydrogen (secondary N) is 1.